The van der Waals surface area contributed by atoms with Gasteiger partial charge in [-0.1, -0.05) is 36.4 Å². The quantitative estimate of drug-likeness (QED) is 0.630. The van der Waals surface area contributed by atoms with Crippen LogP contribution in [0.1, 0.15) is 11.1 Å². The molecule has 2 aromatic carbocycles. The van der Waals surface area contributed by atoms with Crippen LogP contribution in [0.2, 0.25) is 0 Å². The summed E-state index contributed by atoms with van der Waals surface area (Å²) < 4.78 is 0. The first-order valence-corrected chi connectivity index (χ1v) is 7.84. The highest BCUT2D eigenvalue weighted by Gasteiger charge is 2.03. The van der Waals surface area contributed by atoms with E-state index in [4.69, 9.17) is 0 Å². The van der Waals surface area contributed by atoms with E-state index >= 15 is 0 Å². The van der Waals surface area contributed by atoms with Gasteiger partial charge in [-0.25, -0.2) is 0 Å². The van der Waals surface area contributed by atoms with Crippen LogP contribution in [0.25, 0.3) is 0 Å². The highest BCUT2D eigenvalue weighted by molar-refractivity contribution is 7.14. The number of thiophene rings is 1. The molecule has 0 atom stereocenters. The predicted molar refractivity (Wildman–Crippen MR) is 93.2 cm³/mol. The van der Waals surface area contributed by atoms with Gasteiger partial charge in [0.1, 0.15) is 0 Å². The number of aryl methyl sites for hydroxylation is 2. The lowest BCUT2D eigenvalue weighted by Crippen LogP contribution is -1.92. The summed E-state index contributed by atoms with van der Waals surface area (Å²) in [4.78, 5) is 0. The smallest absolute Gasteiger partial charge is 0.0948 e. The Labute approximate surface area is 129 Å². The number of rotatable bonds is 4. The molecule has 21 heavy (non-hydrogen) atoms. The minimum Gasteiger partial charge on any atom is -0.355 e. The van der Waals surface area contributed by atoms with E-state index in [1.807, 2.05) is 6.07 Å². The average Bonchev–Trinajstić information content (AvgIpc) is 2.91. The second kappa shape index (κ2) is 6.02. The van der Waals surface area contributed by atoms with Gasteiger partial charge in [0.25, 0.3) is 0 Å². The van der Waals surface area contributed by atoms with Gasteiger partial charge in [-0.15, -0.1) is 11.3 Å². The Morgan fingerprint density at radius 3 is 1.95 bits per heavy atom. The van der Waals surface area contributed by atoms with E-state index in [9.17, 15) is 0 Å². The lowest BCUT2D eigenvalue weighted by atomic mass is 10.2. The van der Waals surface area contributed by atoms with Crippen LogP contribution in [-0.2, 0) is 0 Å². The molecule has 0 aliphatic rings. The van der Waals surface area contributed by atoms with Crippen LogP contribution in [0.15, 0.2) is 60.0 Å². The van der Waals surface area contributed by atoms with Crippen molar-refractivity contribution in [3.63, 3.8) is 0 Å². The molecule has 0 bridgehead atoms. The Hall–Kier alpha value is -2.26. The number of nitrogens with one attached hydrogen (secondary N) is 2. The molecular weight excluding hydrogens is 276 g/mol. The molecule has 0 amide bonds. The summed E-state index contributed by atoms with van der Waals surface area (Å²) in [6.45, 7) is 4.23. The number of anilines is 4. The molecule has 0 aliphatic heterocycles. The van der Waals surface area contributed by atoms with Gasteiger partial charge in [-0.3, -0.25) is 0 Å². The Morgan fingerprint density at radius 2 is 1.33 bits per heavy atom. The van der Waals surface area contributed by atoms with E-state index in [1.54, 1.807) is 11.3 Å². The lowest BCUT2D eigenvalue weighted by Gasteiger charge is -2.08. The Balaban J connectivity index is 1.75. The minimum absolute atomic E-state index is 1.12. The van der Waals surface area contributed by atoms with Crippen LogP contribution >= 0.6 is 11.3 Å². The molecule has 3 aromatic rings. The zero-order chi connectivity index (χ0) is 14.7. The first kappa shape index (κ1) is 13.7. The van der Waals surface area contributed by atoms with Crippen molar-refractivity contribution >= 4 is 33.4 Å². The molecule has 3 heteroatoms. The summed E-state index contributed by atoms with van der Waals surface area (Å²) in [7, 11) is 0. The third-order valence-electron chi connectivity index (χ3n) is 3.43. The third kappa shape index (κ3) is 3.26. The fraction of sp³-hybridized carbons (Fsp3) is 0.111. The summed E-state index contributed by atoms with van der Waals surface area (Å²) in [5.74, 6) is 0. The summed E-state index contributed by atoms with van der Waals surface area (Å²) >= 11 is 1.70. The minimum atomic E-state index is 1.12. The maximum atomic E-state index is 3.47. The molecule has 0 saturated heterocycles. The number of para-hydroxylation sites is 2. The fourth-order valence-electron chi connectivity index (χ4n) is 2.18. The topological polar surface area (TPSA) is 24.1 Å². The lowest BCUT2D eigenvalue weighted by molar-refractivity contribution is 1.43. The molecule has 0 fully saturated rings. The molecule has 106 valence electrons. The third-order valence-corrected chi connectivity index (χ3v) is 4.27. The molecular formula is C18H18N2S. The Bertz CT molecular complexity index is 684. The molecule has 0 spiro atoms. The van der Waals surface area contributed by atoms with Gasteiger partial charge in [0.2, 0.25) is 0 Å². The zero-order valence-corrected chi connectivity index (χ0v) is 13.0. The van der Waals surface area contributed by atoms with E-state index < -0.39 is 0 Å². The van der Waals surface area contributed by atoms with Gasteiger partial charge in [0.15, 0.2) is 0 Å². The van der Waals surface area contributed by atoms with Crippen LogP contribution in [0.5, 0.6) is 0 Å². The first-order chi connectivity index (χ1) is 10.2. The van der Waals surface area contributed by atoms with Gasteiger partial charge >= 0.3 is 0 Å². The van der Waals surface area contributed by atoms with Crippen molar-refractivity contribution in [2.24, 2.45) is 0 Å². The van der Waals surface area contributed by atoms with Gasteiger partial charge in [0.05, 0.1) is 10.7 Å². The van der Waals surface area contributed by atoms with Crippen molar-refractivity contribution in [2.45, 2.75) is 13.8 Å². The Morgan fingerprint density at radius 1 is 0.762 bits per heavy atom. The second-order valence-corrected chi connectivity index (χ2v) is 5.99. The molecule has 2 N–H and O–H groups in total. The molecule has 3 rings (SSSR count). The fourth-order valence-corrected chi connectivity index (χ4v) is 2.93. The van der Waals surface area contributed by atoms with Crippen molar-refractivity contribution in [1.82, 2.24) is 0 Å². The van der Waals surface area contributed by atoms with Gasteiger partial charge < -0.3 is 10.6 Å². The molecule has 0 aliphatic carbocycles. The van der Waals surface area contributed by atoms with E-state index in [0.29, 0.717) is 0 Å². The maximum absolute atomic E-state index is 3.47. The van der Waals surface area contributed by atoms with Crippen LogP contribution in [0.3, 0.4) is 0 Å². The van der Waals surface area contributed by atoms with Crippen molar-refractivity contribution < 1.29 is 0 Å². The van der Waals surface area contributed by atoms with Crippen LogP contribution in [-0.4, -0.2) is 0 Å². The van der Waals surface area contributed by atoms with Crippen molar-refractivity contribution in [2.75, 3.05) is 10.6 Å². The van der Waals surface area contributed by atoms with Crippen molar-refractivity contribution in [3.8, 4) is 0 Å². The maximum Gasteiger partial charge on any atom is 0.0948 e. The highest BCUT2D eigenvalue weighted by atomic mass is 32.1. The molecule has 1 heterocycles. The van der Waals surface area contributed by atoms with E-state index in [-0.39, 0.29) is 0 Å². The monoisotopic (exact) mass is 294 g/mol. The van der Waals surface area contributed by atoms with Crippen LogP contribution in [0, 0.1) is 13.8 Å². The number of benzene rings is 2. The van der Waals surface area contributed by atoms with E-state index in [2.05, 4.69) is 78.4 Å². The van der Waals surface area contributed by atoms with E-state index in [1.165, 1.54) is 11.1 Å². The molecule has 0 unspecified atom stereocenters. The highest BCUT2D eigenvalue weighted by Crippen LogP contribution is 2.31. The molecule has 0 saturated carbocycles. The zero-order valence-electron chi connectivity index (χ0n) is 12.2. The Kier molecular flexibility index (Phi) is 3.93. The second-order valence-electron chi connectivity index (χ2n) is 5.08. The normalized spacial score (nSPS) is 10.4. The van der Waals surface area contributed by atoms with Crippen LogP contribution < -0.4 is 10.6 Å². The summed E-state index contributed by atoms with van der Waals surface area (Å²) in [5.41, 5.74) is 5.92. The van der Waals surface area contributed by atoms with Crippen LogP contribution in [0.4, 0.5) is 22.1 Å². The number of hydrogen-bond donors (Lipinski definition) is 2. The standard InChI is InChI=1S/C18H18N2S/c1-13-7-3-5-9-16(13)19-15-11-18(21-12-15)20-17-10-6-4-8-14(17)2/h3-12,19-20H,1-2H3. The SMILES string of the molecule is Cc1ccccc1Nc1csc(Nc2ccccc2C)c1. The van der Waals surface area contributed by atoms with Gasteiger partial charge in [0, 0.05) is 16.8 Å². The average molecular weight is 294 g/mol. The van der Waals surface area contributed by atoms with Crippen molar-refractivity contribution in [1.29, 1.82) is 0 Å². The molecule has 2 nitrogen and oxygen atoms in total. The summed E-state index contributed by atoms with van der Waals surface area (Å²) in [6.07, 6.45) is 0. The van der Waals surface area contributed by atoms with Gasteiger partial charge in [-0.05, 0) is 43.2 Å². The largest absolute Gasteiger partial charge is 0.355 e. The first-order valence-electron chi connectivity index (χ1n) is 6.96. The summed E-state index contributed by atoms with van der Waals surface area (Å²) in [5, 5.41) is 10.2. The molecule has 1 aromatic heterocycles. The van der Waals surface area contributed by atoms with E-state index in [0.717, 1.165) is 22.1 Å². The predicted octanol–water partition coefficient (Wildman–Crippen LogP) is 5.85. The molecule has 0 radical (unpaired) electrons. The van der Waals surface area contributed by atoms with Crippen molar-refractivity contribution in [3.05, 3.63) is 71.1 Å². The summed E-state index contributed by atoms with van der Waals surface area (Å²) in [6, 6.07) is 18.8. The number of hydrogen-bond acceptors (Lipinski definition) is 3. The van der Waals surface area contributed by atoms with Gasteiger partial charge in [-0.2, -0.15) is 0 Å².